The first-order chi connectivity index (χ1) is 15.7. The number of carbonyl (C=O) groups excluding carboxylic acids is 2. The molecule has 3 rings (SSSR count). The number of sulfone groups is 1. The standard InChI is InChI=1S/C23H28ClN3O5S/c1-33(30,31)21-10-8-20(9-11-21)32-16-3-7-22(28)26-12-4-13-27(15-14-26)23(29)25-19-6-2-5-18(24)17-19/h2,5-6,8-11,17H,3-4,7,12-16H2,1H3,(H,25,29). The summed E-state index contributed by atoms with van der Waals surface area (Å²) in [6, 6.07) is 13.0. The van der Waals surface area contributed by atoms with E-state index in [1.54, 1.807) is 46.2 Å². The minimum absolute atomic E-state index is 0.0307. The van der Waals surface area contributed by atoms with Crippen LogP contribution in [0.25, 0.3) is 0 Å². The van der Waals surface area contributed by atoms with Crippen LogP contribution in [0.1, 0.15) is 19.3 Å². The predicted molar refractivity (Wildman–Crippen MR) is 128 cm³/mol. The van der Waals surface area contributed by atoms with Crippen molar-refractivity contribution in [3.05, 3.63) is 53.6 Å². The van der Waals surface area contributed by atoms with Gasteiger partial charge < -0.3 is 19.9 Å². The first-order valence-corrected chi connectivity index (χ1v) is 13.0. The molecule has 0 spiro atoms. The summed E-state index contributed by atoms with van der Waals surface area (Å²) >= 11 is 5.96. The molecule has 2 aromatic rings. The number of carbonyl (C=O) groups is 2. The Morgan fingerprint density at radius 1 is 1.03 bits per heavy atom. The lowest BCUT2D eigenvalue weighted by Gasteiger charge is -2.22. The van der Waals surface area contributed by atoms with Crippen molar-refractivity contribution in [1.29, 1.82) is 0 Å². The Kier molecular flexibility index (Phi) is 8.57. The normalized spacial score (nSPS) is 14.5. The van der Waals surface area contributed by atoms with E-state index in [1.807, 2.05) is 0 Å². The highest BCUT2D eigenvalue weighted by Gasteiger charge is 2.22. The van der Waals surface area contributed by atoms with Gasteiger partial charge in [-0.25, -0.2) is 13.2 Å². The summed E-state index contributed by atoms with van der Waals surface area (Å²) in [5.41, 5.74) is 0.635. The number of nitrogens with zero attached hydrogens (tertiary/aromatic N) is 2. The van der Waals surface area contributed by atoms with Gasteiger partial charge in [0.1, 0.15) is 5.75 Å². The van der Waals surface area contributed by atoms with Crippen LogP contribution in [0.4, 0.5) is 10.5 Å². The lowest BCUT2D eigenvalue weighted by atomic mass is 10.2. The largest absolute Gasteiger partial charge is 0.494 e. The molecule has 1 N–H and O–H groups in total. The molecule has 0 atom stereocenters. The van der Waals surface area contributed by atoms with E-state index in [9.17, 15) is 18.0 Å². The summed E-state index contributed by atoms with van der Waals surface area (Å²) in [4.78, 5) is 28.9. The maximum atomic E-state index is 12.6. The Hall–Kier alpha value is -2.78. The second-order valence-corrected chi connectivity index (χ2v) is 10.3. The van der Waals surface area contributed by atoms with Crippen LogP contribution >= 0.6 is 11.6 Å². The molecule has 3 amide bonds. The molecule has 1 saturated heterocycles. The van der Waals surface area contributed by atoms with Gasteiger partial charge in [-0.05, 0) is 55.3 Å². The first kappa shape index (κ1) is 24.9. The summed E-state index contributed by atoms with van der Waals surface area (Å²) in [5.74, 6) is 0.592. The maximum Gasteiger partial charge on any atom is 0.321 e. The number of hydrogen-bond donors (Lipinski definition) is 1. The number of hydrogen-bond acceptors (Lipinski definition) is 5. The van der Waals surface area contributed by atoms with Crippen molar-refractivity contribution < 1.29 is 22.7 Å². The fraction of sp³-hybridized carbons (Fsp3) is 0.391. The van der Waals surface area contributed by atoms with Gasteiger partial charge in [-0.1, -0.05) is 17.7 Å². The van der Waals surface area contributed by atoms with Crippen LogP contribution in [0.5, 0.6) is 5.75 Å². The summed E-state index contributed by atoms with van der Waals surface area (Å²) in [7, 11) is -3.24. The number of benzene rings is 2. The molecular weight excluding hydrogens is 466 g/mol. The van der Waals surface area contributed by atoms with Gasteiger partial charge in [0.15, 0.2) is 9.84 Å². The van der Waals surface area contributed by atoms with Gasteiger partial charge in [0.25, 0.3) is 0 Å². The third-order valence-electron chi connectivity index (χ3n) is 5.27. The quantitative estimate of drug-likeness (QED) is 0.594. The highest BCUT2D eigenvalue weighted by molar-refractivity contribution is 7.90. The van der Waals surface area contributed by atoms with Crippen LogP contribution in [-0.2, 0) is 14.6 Å². The highest BCUT2D eigenvalue weighted by Crippen LogP contribution is 2.17. The molecule has 0 aromatic heterocycles. The van der Waals surface area contributed by atoms with Gasteiger partial charge in [-0.2, -0.15) is 0 Å². The van der Waals surface area contributed by atoms with E-state index in [2.05, 4.69) is 5.32 Å². The maximum absolute atomic E-state index is 12.6. The van der Waals surface area contributed by atoms with E-state index >= 15 is 0 Å². The van der Waals surface area contributed by atoms with Crippen LogP contribution in [0.2, 0.25) is 5.02 Å². The van der Waals surface area contributed by atoms with E-state index < -0.39 is 9.84 Å². The van der Waals surface area contributed by atoms with Gasteiger partial charge in [0.05, 0.1) is 11.5 Å². The summed E-state index contributed by atoms with van der Waals surface area (Å²) in [6.45, 7) is 2.47. The molecule has 1 aliphatic rings. The lowest BCUT2D eigenvalue weighted by Crippen LogP contribution is -2.39. The topological polar surface area (TPSA) is 96.0 Å². The minimum Gasteiger partial charge on any atom is -0.494 e. The van der Waals surface area contributed by atoms with Crippen molar-refractivity contribution in [3.8, 4) is 5.75 Å². The van der Waals surface area contributed by atoms with E-state index in [0.29, 0.717) is 68.5 Å². The average molecular weight is 494 g/mol. The smallest absolute Gasteiger partial charge is 0.321 e. The van der Waals surface area contributed by atoms with Crippen LogP contribution in [-0.4, -0.2) is 69.2 Å². The van der Waals surface area contributed by atoms with Crippen molar-refractivity contribution in [2.24, 2.45) is 0 Å². The van der Waals surface area contributed by atoms with Gasteiger partial charge in [0, 0.05) is 49.6 Å². The molecule has 10 heteroatoms. The Morgan fingerprint density at radius 2 is 1.73 bits per heavy atom. The zero-order chi connectivity index (χ0) is 23.8. The van der Waals surface area contributed by atoms with E-state index in [1.165, 1.54) is 12.1 Å². The van der Waals surface area contributed by atoms with Crippen molar-refractivity contribution in [2.75, 3.05) is 44.4 Å². The molecule has 8 nitrogen and oxygen atoms in total. The molecule has 0 bridgehead atoms. The molecule has 2 aromatic carbocycles. The van der Waals surface area contributed by atoms with Crippen molar-refractivity contribution in [2.45, 2.75) is 24.2 Å². The number of ether oxygens (including phenoxy) is 1. The van der Waals surface area contributed by atoms with Crippen LogP contribution in [0, 0.1) is 0 Å². The Morgan fingerprint density at radius 3 is 2.42 bits per heavy atom. The minimum atomic E-state index is -3.24. The number of rotatable bonds is 7. The number of nitrogens with one attached hydrogen (secondary N) is 1. The molecule has 33 heavy (non-hydrogen) atoms. The van der Waals surface area contributed by atoms with Gasteiger partial charge in [-0.3, -0.25) is 4.79 Å². The van der Waals surface area contributed by atoms with Gasteiger partial charge >= 0.3 is 6.03 Å². The highest BCUT2D eigenvalue weighted by atomic mass is 35.5. The average Bonchev–Trinajstić information content (AvgIpc) is 3.03. The Labute approximate surface area is 199 Å². The Bertz CT molecular complexity index is 1080. The molecule has 0 saturated carbocycles. The van der Waals surface area contributed by atoms with E-state index in [4.69, 9.17) is 16.3 Å². The Balaban J connectivity index is 1.40. The van der Waals surface area contributed by atoms with E-state index in [-0.39, 0.29) is 16.8 Å². The van der Waals surface area contributed by atoms with Crippen molar-refractivity contribution in [1.82, 2.24) is 9.80 Å². The molecular formula is C23H28ClN3O5S. The first-order valence-electron chi connectivity index (χ1n) is 10.7. The van der Waals surface area contributed by atoms with E-state index in [0.717, 1.165) is 6.26 Å². The third kappa shape index (κ3) is 7.64. The molecule has 0 unspecified atom stereocenters. The number of anilines is 1. The molecule has 0 radical (unpaired) electrons. The molecule has 1 fully saturated rings. The zero-order valence-corrected chi connectivity index (χ0v) is 20.1. The number of amides is 3. The van der Waals surface area contributed by atoms with Crippen molar-refractivity contribution >= 4 is 39.1 Å². The number of urea groups is 1. The lowest BCUT2D eigenvalue weighted by molar-refractivity contribution is -0.131. The fourth-order valence-corrected chi connectivity index (χ4v) is 4.31. The number of halogens is 1. The molecule has 178 valence electrons. The van der Waals surface area contributed by atoms with Crippen molar-refractivity contribution in [3.63, 3.8) is 0 Å². The molecule has 1 heterocycles. The van der Waals surface area contributed by atoms with Crippen LogP contribution in [0.3, 0.4) is 0 Å². The third-order valence-corrected chi connectivity index (χ3v) is 6.63. The molecule has 1 aliphatic heterocycles. The summed E-state index contributed by atoms with van der Waals surface area (Å²) in [6.07, 6.45) is 2.75. The monoisotopic (exact) mass is 493 g/mol. The SMILES string of the molecule is CS(=O)(=O)c1ccc(OCCCC(=O)N2CCCN(C(=O)Nc3cccc(Cl)c3)CC2)cc1. The van der Waals surface area contributed by atoms with Gasteiger partial charge in [-0.15, -0.1) is 0 Å². The molecule has 0 aliphatic carbocycles. The van der Waals surface area contributed by atoms with Gasteiger partial charge in [0.2, 0.25) is 5.91 Å². The second kappa shape index (κ2) is 11.4. The summed E-state index contributed by atoms with van der Waals surface area (Å²) in [5, 5.41) is 3.39. The van der Waals surface area contributed by atoms with Crippen LogP contribution in [0.15, 0.2) is 53.4 Å². The predicted octanol–water partition coefficient (Wildman–Crippen LogP) is 3.67. The second-order valence-electron chi connectivity index (χ2n) is 7.86. The summed E-state index contributed by atoms with van der Waals surface area (Å²) < 4.78 is 28.6. The van der Waals surface area contributed by atoms with Crippen LogP contribution < -0.4 is 10.1 Å². The fourth-order valence-electron chi connectivity index (χ4n) is 3.49. The zero-order valence-electron chi connectivity index (χ0n) is 18.5.